The van der Waals surface area contributed by atoms with Gasteiger partial charge in [-0.25, -0.2) is 4.79 Å². The van der Waals surface area contributed by atoms with E-state index in [1.807, 2.05) is 30.3 Å². The van der Waals surface area contributed by atoms with Gasteiger partial charge in [0.25, 0.3) is 0 Å². The van der Waals surface area contributed by atoms with Crippen LogP contribution in [0.3, 0.4) is 0 Å². The van der Waals surface area contributed by atoms with Gasteiger partial charge in [0.05, 0.1) is 18.9 Å². The van der Waals surface area contributed by atoms with Crippen LogP contribution in [-0.4, -0.2) is 30.1 Å². The number of methoxy groups -OCH3 is 1. The Bertz CT molecular complexity index is 908. The zero-order chi connectivity index (χ0) is 17.8. The molecule has 0 unspecified atom stereocenters. The van der Waals surface area contributed by atoms with Crippen LogP contribution >= 0.6 is 0 Å². The zero-order valence-electron chi connectivity index (χ0n) is 13.8. The van der Waals surface area contributed by atoms with E-state index in [2.05, 4.69) is 6.58 Å². The molecule has 6 heteroatoms. The number of carbonyl (C=O) groups is 2. The summed E-state index contributed by atoms with van der Waals surface area (Å²) in [5.41, 5.74) is 2.24. The number of amides is 1. The summed E-state index contributed by atoms with van der Waals surface area (Å²) in [7, 11) is 1.30. The maximum atomic E-state index is 12.9. The number of hydrogen-bond acceptors (Lipinski definition) is 4. The zero-order valence-corrected chi connectivity index (χ0v) is 13.8. The molecule has 0 atom stereocenters. The van der Waals surface area contributed by atoms with Gasteiger partial charge in [-0.3, -0.25) is 4.79 Å². The Kier molecular flexibility index (Phi) is 4.70. The fourth-order valence-electron chi connectivity index (χ4n) is 2.73. The second-order valence-corrected chi connectivity index (χ2v) is 5.41. The van der Waals surface area contributed by atoms with Gasteiger partial charge in [0.15, 0.2) is 5.58 Å². The molecule has 6 nitrogen and oxygen atoms in total. The van der Waals surface area contributed by atoms with Crippen molar-refractivity contribution in [2.45, 2.75) is 6.54 Å². The first kappa shape index (κ1) is 16.6. The first-order valence-corrected chi connectivity index (χ1v) is 7.77. The second-order valence-electron chi connectivity index (χ2n) is 5.41. The molecule has 0 saturated heterocycles. The van der Waals surface area contributed by atoms with E-state index in [1.165, 1.54) is 13.4 Å². The van der Waals surface area contributed by atoms with Crippen LogP contribution in [0.15, 0.2) is 65.8 Å². The molecular weight excluding hydrogens is 320 g/mol. The summed E-state index contributed by atoms with van der Waals surface area (Å²) in [5, 5.41) is 0. The van der Waals surface area contributed by atoms with E-state index in [4.69, 9.17) is 9.15 Å². The molecule has 2 heterocycles. The van der Waals surface area contributed by atoms with Crippen molar-refractivity contribution in [1.29, 1.82) is 0 Å². The maximum Gasteiger partial charge on any atom is 0.354 e. The van der Waals surface area contributed by atoms with Gasteiger partial charge in [0, 0.05) is 24.4 Å². The van der Waals surface area contributed by atoms with Crippen LogP contribution < -0.4 is 4.90 Å². The van der Waals surface area contributed by atoms with E-state index in [0.29, 0.717) is 17.6 Å². The van der Waals surface area contributed by atoms with Crippen LogP contribution in [0.25, 0.3) is 11.1 Å². The van der Waals surface area contributed by atoms with E-state index >= 15 is 0 Å². The molecule has 0 radical (unpaired) electrons. The lowest BCUT2D eigenvalue weighted by molar-refractivity contribution is -0.119. The highest BCUT2D eigenvalue weighted by atomic mass is 16.5. The van der Waals surface area contributed by atoms with Crippen molar-refractivity contribution in [3.8, 4) is 0 Å². The lowest BCUT2D eigenvalue weighted by atomic mass is 10.2. The Balaban J connectivity index is 1.96. The molecule has 0 fully saturated rings. The number of aromatic nitrogens is 1. The monoisotopic (exact) mass is 338 g/mol. The highest BCUT2D eigenvalue weighted by molar-refractivity contribution is 5.98. The highest BCUT2D eigenvalue weighted by Crippen LogP contribution is 2.23. The molecule has 0 spiro atoms. The average Bonchev–Trinajstić information content (AvgIpc) is 3.22. The third-order valence-corrected chi connectivity index (χ3v) is 3.89. The molecule has 1 amide bonds. The fourth-order valence-corrected chi connectivity index (χ4v) is 2.73. The van der Waals surface area contributed by atoms with Crippen molar-refractivity contribution in [2.24, 2.45) is 0 Å². The maximum absolute atomic E-state index is 12.9. The molecule has 0 aliphatic rings. The smallest absolute Gasteiger partial charge is 0.354 e. The van der Waals surface area contributed by atoms with E-state index in [0.717, 1.165) is 5.69 Å². The van der Waals surface area contributed by atoms with Gasteiger partial charge in [0.2, 0.25) is 5.91 Å². The number of anilines is 1. The predicted molar refractivity (Wildman–Crippen MR) is 94.5 cm³/mol. The number of furan rings is 1. The Morgan fingerprint density at radius 1 is 1.28 bits per heavy atom. The Labute approximate surface area is 144 Å². The number of benzene rings is 1. The molecule has 0 aliphatic heterocycles. The predicted octanol–water partition coefficient (Wildman–Crippen LogP) is 3.24. The van der Waals surface area contributed by atoms with E-state index in [-0.39, 0.29) is 18.1 Å². The van der Waals surface area contributed by atoms with Crippen molar-refractivity contribution in [1.82, 2.24) is 4.57 Å². The van der Waals surface area contributed by atoms with Crippen LogP contribution in [0.4, 0.5) is 5.69 Å². The van der Waals surface area contributed by atoms with Crippen molar-refractivity contribution in [3.05, 3.63) is 67.1 Å². The standard InChI is InChI=1S/C19H18N2O4/c1-3-10-20(14-7-5-4-6-8-14)18(22)13-21-15-9-11-25-17(15)12-16(21)19(23)24-2/h3-9,11-12H,1,10,13H2,2H3. The van der Waals surface area contributed by atoms with E-state index in [1.54, 1.807) is 27.7 Å². The lowest BCUT2D eigenvalue weighted by Crippen LogP contribution is -2.34. The fraction of sp³-hybridized carbons (Fsp3) is 0.158. The van der Waals surface area contributed by atoms with Crippen LogP contribution in [0.2, 0.25) is 0 Å². The first-order chi connectivity index (χ1) is 12.2. The third-order valence-electron chi connectivity index (χ3n) is 3.89. The van der Waals surface area contributed by atoms with Crippen LogP contribution in [0, 0.1) is 0 Å². The first-order valence-electron chi connectivity index (χ1n) is 7.77. The Morgan fingerprint density at radius 2 is 2.04 bits per heavy atom. The minimum absolute atomic E-state index is 0.0177. The number of rotatable bonds is 6. The van der Waals surface area contributed by atoms with Crippen LogP contribution in [0.1, 0.15) is 10.5 Å². The number of hydrogen-bond donors (Lipinski definition) is 0. The molecule has 3 rings (SSSR count). The number of esters is 1. The SMILES string of the molecule is C=CCN(C(=O)Cn1c(C(=O)OC)cc2occc21)c1ccccc1. The molecule has 2 aromatic heterocycles. The average molecular weight is 338 g/mol. The van der Waals surface area contributed by atoms with Crippen molar-refractivity contribution in [2.75, 3.05) is 18.6 Å². The Hall–Kier alpha value is -3.28. The van der Waals surface area contributed by atoms with Gasteiger partial charge in [0.1, 0.15) is 12.2 Å². The summed E-state index contributed by atoms with van der Waals surface area (Å²) in [6, 6.07) is 12.6. The van der Waals surface area contributed by atoms with Crippen LogP contribution in [0.5, 0.6) is 0 Å². The molecule has 0 saturated carbocycles. The summed E-state index contributed by atoms with van der Waals surface area (Å²) in [6.07, 6.45) is 3.18. The minimum atomic E-state index is -0.519. The number of nitrogens with zero attached hydrogens (tertiary/aromatic N) is 2. The molecule has 0 bridgehead atoms. The van der Waals surface area contributed by atoms with Crippen LogP contribution in [-0.2, 0) is 16.1 Å². The molecular formula is C19H18N2O4. The summed E-state index contributed by atoms with van der Waals surface area (Å²) < 4.78 is 11.7. The topological polar surface area (TPSA) is 64.7 Å². The van der Waals surface area contributed by atoms with Gasteiger partial charge in [-0.2, -0.15) is 0 Å². The molecule has 0 aliphatic carbocycles. The van der Waals surface area contributed by atoms with Gasteiger partial charge in [-0.15, -0.1) is 6.58 Å². The number of ether oxygens (including phenoxy) is 1. The molecule has 0 N–H and O–H groups in total. The second kappa shape index (κ2) is 7.09. The van der Waals surface area contributed by atoms with E-state index in [9.17, 15) is 9.59 Å². The summed E-state index contributed by atoms with van der Waals surface area (Å²) in [6.45, 7) is 4.07. The van der Waals surface area contributed by atoms with Gasteiger partial charge < -0.3 is 18.6 Å². The molecule has 25 heavy (non-hydrogen) atoms. The Morgan fingerprint density at radius 3 is 2.72 bits per heavy atom. The van der Waals surface area contributed by atoms with Gasteiger partial charge >= 0.3 is 5.97 Å². The summed E-state index contributed by atoms with van der Waals surface area (Å²) in [4.78, 5) is 26.5. The van der Waals surface area contributed by atoms with Crippen molar-refractivity contribution < 1.29 is 18.7 Å². The third kappa shape index (κ3) is 3.19. The van der Waals surface area contributed by atoms with Gasteiger partial charge in [-0.1, -0.05) is 24.3 Å². The summed E-state index contributed by atoms with van der Waals surface area (Å²) in [5.74, 6) is -0.691. The molecule has 3 aromatic rings. The quantitative estimate of drug-likeness (QED) is 0.511. The van der Waals surface area contributed by atoms with Crippen molar-refractivity contribution >= 4 is 28.7 Å². The normalized spacial score (nSPS) is 10.6. The number of carbonyl (C=O) groups excluding carboxylic acids is 2. The molecule has 128 valence electrons. The number of para-hydroxylation sites is 1. The molecule has 1 aromatic carbocycles. The summed E-state index contributed by atoms with van der Waals surface area (Å²) >= 11 is 0. The largest absolute Gasteiger partial charge is 0.464 e. The highest BCUT2D eigenvalue weighted by Gasteiger charge is 2.22. The van der Waals surface area contributed by atoms with Crippen molar-refractivity contribution in [3.63, 3.8) is 0 Å². The van der Waals surface area contributed by atoms with E-state index < -0.39 is 5.97 Å². The van der Waals surface area contributed by atoms with Gasteiger partial charge in [-0.05, 0) is 12.1 Å². The lowest BCUT2D eigenvalue weighted by Gasteiger charge is -2.22. The number of fused-ring (bicyclic) bond motifs is 1. The minimum Gasteiger partial charge on any atom is -0.464 e.